The minimum absolute atomic E-state index is 0.0570. The predicted molar refractivity (Wildman–Crippen MR) is 140 cm³/mol. The number of rotatable bonds is 5. The number of hydrogen-bond donors (Lipinski definition) is 2. The van der Waals surface area contributed by atoms with Crippen LogP contribution in [-0.2, 0) is 12.8 Å². The highest BCUT2D eigenvalue weighted by Gasteiger charge is 2.28. The number of nitrogens with one attached hydrogen (secondary N) is 1. The van der Waals surface area contributed by atoms with E-state index < -0.39 is 0 Å². The molecule has 36 heavy (non-hydrogen) atoms. The van der Waals surface area contributed by atoms with Crippen LogP contribution in [0.1, 0.15) is 48.0 Å². The number of phenols is 1. The molecule has 7 heteroatoms. The summed E-state index contributed by atoms with van der Waals surface area (Å²) >= 11 is 0. The van der Waals surface area contributed by atoms with Crippen LogP contribution in [0, 0.1) is 12.3 Å². The Hall–Kier alpha value is -4.26. The lowest BCUT2D eigenvalue weighted by atomic mass is 9.90. The number of benzene rings is 3. The fourth-order valence-electron chi connectivity index (χ4n) is 4.87. The van der Waals surface area contributed by atoms with Gasteiger partial charge in [0.25, 0.3) is 5.56 Å². The topological polar surface area (TPSA) is 99.8 Å². The van der Waals surface area contributed by atoms with Crippen molar-refractivity contribution in [2.24, 2.45) is 15.6 Å². The number of para-hydroxylation sites is 1. The van der Waals surface area contributed by atoms with E-state index in [0.717, 1.165) is 18.5 Å². The van der Waals surface area contributed by atoms with E-state index in [-0.39, 0.29) is 33.9 Å². The van der Waals surface area contributed by atoms with Crippen molar-refractivity contribution in [3.8, 4) is 22.6 Å². The Kier molecular flexibility index (Phi) is 5.71. The van der Waals surface area contributed by atoms with Gasteiger partial charge in [0.15, 0.2) is 17.2 Å². The molecular weight excluding hydrogens is 452 g/mol. The number of Topliss-reactive ketones (excluding diaryl/α,β-unsaturated/α-hetero) is 1. The number of azo groups is 1. The quantitative estimate of drug-likeness (QED) is 0.249. The first-order valence-electron chi connectivity index (χ1n) is 11.9. The van der Waals surface area contributed by atoms with Crippen LogP contribution < -0.4 is 5.56 Å². The number of ketones is 1. The molecule has 0 amide bonds. The monoisotopic (exact) mass is 480 g/mol. The number of fused-ring (bicyclic) bond motifs is 1. The summed E-state index contributed by atoms with van der Waals surface area (Å²) < 4.78 is 1.48. The lowest BCUT2D eigenvalue weighted by molar-refractivity contribution is 0.101. The molecule has 0 atom stereocenters. The Labute approximate surface area is 209 Å². The lowest BCUT2D eigenvalue weighted by Crippen LogP contribution is -2.14. The molecule has 1 heterocycles. The molecule has 5 rings (SSSR count). The highest BCUT2D eigenvalue weighted by atomic mass is 16.3. The maximum atomic E-state index is 13.2. The molecule has 1 aromatic heterocycles. The van der Waals surface area contributed by atoms with Crippen LogP contribution in [0.25, 0.3) is 16.8 Å². The van der Waals surface area contributed by atoms with Crippen molar-refractivity contribution in [1.29, 1.82) is 0 Å². The molecule has 0 saturated carbocycles. The van der Waals surface area contributed by atoms with Gasteiger partial charge in [-0.05, 0) is 73.1 Å². The fourth-order valence-corrected chi connectivity index (χ4v) is 4.87. The van der Waals surface area contributed by atoms with Crippen LogP contribution in [0.3, 0.4) is 0 Å². The molecule has 0 saturated heterocycles. The van der Waals surface area contributed by atoms with Crippen molar-refractivity contribution in [1.82, 2.24) is 9.78 Å². The summed E-state index contributed by atoms with van der Waals surface area (Å²) in [5.41, 5.74) is 6.02. The number of aromatic amines is 1. The Bertz CT molecular complexity index is 1590. The van der Waals surface area contributed by atoms with Gasteiger partial charge in [0.05, 0.1) is 11.4 Å². The molecular formula is C29H28N4O3. The SMILES string of the molecule is CC(=O)c1cccc(-c2cccc(N=Nc3c(C)[nH]n(-c4ccc5c(c4)CC(C)(C)C5)c3=O)c2O)c1. The van der Waals surface area contributed by atoms with Gasteiger partial charge in [-0.3, -0.25) is 14.7 Å². The maximum absolute atomic E-state index is 13.2. The molecule has 1 aliphatic carbocycles. The number of aromatic nitrogens is 2. The zero-order valence-corrected chi connectivity index (χ0v) is 20.8. The number of aromatic hydroxyl groups is 1. The minimum Gasteiger partial charge on any atom is -0.505 e. The Balaban J connectivity index is 1.47. The number of hydrogen-bond acceptors (Lipinski definition) is 5. The largest absolute Gasteiger partial charge is 0.505 e. The first-order chi connectivity index (χ1) is 17.1. The molecule has 2 N–H and O–H groups in total. The Morgan fingerprint density at radius 3 is 2.53 bits per heavy atom. The van der Waals surface area contributed by atoms with Crippen molar-refractivity contribution in [2.45, 2.75) is 40.5 Å². The van der Waals surface area contributed by atoms with Crippen LogP contribution in [0.15, 0.2) is 75.7 Å². The standard InChI is InChI=1S/C29H28N4O3/c1-17-26(28(36)33(32-17)23-12-11-21-15-29(3,4)16-22(21)14-23)31-30-25-10-6-9-24(27(25)35)20-8-5-7-19(13-20)18(2)34/h5-14,32,35H,15-16H2,1-4H3. The molecule has 0 radical (unpaired) electrons. The van der Waals surface area contributed by atoms with Crippen LogP contribution in [0.5, 0.6) is 5.75 Å². The van der Waals surface area contributed by atoms with Crippen LogP contribution in [0.2, 0.25) is 0 Å². The zero-order valence-electron chi connectivity index (χ0n) is 20.8. The van der Waals surface area contributed by atoms with Crippen LogP contribution in [-0.4, -0.2) is 20.7 Å². The summed E-state index contributed by atoms with van der Waals surface area (Å²) in [6.07, 6.45) is 2.00. The Morgan fingerprint density at radius 2 is 1.75 bits per heavy atom. The highest BCUT2D eigenvalue weighted by Crippen LogP contribution is 2.39. The second kappa shape index (κ2) is 8.75. The molecule has 182 valence electrons. The summed E-state index contributed by atoms with van der Waals surface area (Å²) in [5.74, 6) is -0.129. The fraction of sp³-hybridized carbons (Fsp3) is 0.241. The van der Waals surface area contributed by atoms with E-state index in [4.69, 9.17) is 0 Å². The molecule has 4 aromatic rings. The van der Waals surface area contributed by atoms with E-state index >= 15 is 0 Å². The lowest BCUT2D eigenvalue weighted by Gasteiger charge is -2.14. The van der Waals surface area contributed by atoms with Crippen LogP contribution >= 0.6 is 0 Å². The average molecular weight is 481 g/mol. The van der Waals surface area contributed by atoms with E-state index in [2.05, 4.69) is 41.3 Å². The first-order valence-corrected chi connectivity index (χ1v) is 11.9. The van der Waals surface area contributed by atoms with Gasteiger partial charge in [0, 0.05) is 11.1 Å². The second-order valence-corrected chi connectivity index (χ2v) is 10.2. The van der Waals surface area contributed by atoms with Gasteiger partial charge in [-0.1, -0.05) is 50.2 Å². The van der Waals surface area contributed by atoms with Gasteiger partial charge in [0.2, 0.25) is 0 Å². The summed E-state index contributed by atoms with van der Waals surface area (Å²) in [6.45, 7) is 7.77. The third kappa shape index (κ3) is 4.28. The van der Waals surface area contributed by atoms with Gasteiger partial charge in [-0.2, -0.15) is 0 Å². The third-order valence-electron chi connectivity index (χ3n) is 6.68. The zero-order chi connectivity index (χ0) is 25.6. The average Bonchev–Trinajstić information content (AvgIpc) is 3.31. The van der Waals surface area contributed by atoms with E-state index in [9.17, 15) is 14.7 Å². The van der Waals surface area contributed by atoms with Crippen molar-refractivity contribution in [2.75, 3.05) is 0 Å². The maximum Gasteiger partial charge on any atom is 0.299 e. The minimum atomic E-state index is -0.307. The molecule has 0 fully saturated rings. The number of phenolic OH excluding ortho intramolecular Hbond substituents is 1. The van der Waals surface area contributed by atoms with Crippen molar-refractivity contribution < 1.29 is 9.90 Å². The molecule has 0 aliphatic heterocycles. The third-order valence-corrected chi connectivity index (χ3v) is 6.68. The van der Waals surface area contributed by atoms with Gasteiger partial charge in [-0.25, -0.2) is 4.68 Å². The number of carbonyl (C=O) groups excluding carboxylic acids is 1. The molecule has 1 aliphatic rings. The van der Waals surface area contributed by atoms with Crippen molar-refractivity contribution in [3.63, 3.8) is 0 Å². The molecule has 0 bridgehead atoms. The van der Waals surface area contributed by atoms with Crippen molar-refractivity contribution >= 4 is 17.2 Å². The van der Waals surface area contributed by atoms with E-state index in [1.54, 1.807) is 43.3 Å². The summed E-state index contributed by atoms with van der Waals surface area (Å²) in [5, 5.41) is 22.4. The molecule has 7 nitrogen and oxygen atoms in total. The number of aryl methyl sites for hydroxylation is 1. The van der Waals surface area contributed by atoms with Gasteiger partial charge in [-0.15, -0.1) is 10.2 Å². The van der Waals surface area contributed by atoms with Gasteiger partial charge in [0.1, 0.15) is 5.69 Å². The summed E-state index contributed by atoms with van der Waals surface area (Å²) in [7, 11) is 0. The van der Waals surface area contributed by atoms with Gasteiger partial charge < -0.3 is 5.11 Å². The van der Waals surface area contributed by atoms with E-state index in [1.165, 1.54) is 22.7 Å². The van der Waals surface area contributed by atoms with Gasteiger partial charge >= 0.3 is 0 Å². The number of nitrogens with zero attached hydrogens (tertiary/aromatic N) is 3. The van der Waals surface area contributed by atoms with E-state index in [0.29, 0.717) is 22.4 Å². The summed E-state index contributed by atoms with van der Waals surface area (Å²) in [6, 6.07) is 18.3. The number of H-pyrrole nitrogens is 1. The predicted octanol–water partition coefficient (Wildman–Crippen LogP) is 6.59. The molecule has 3 aromatic carbocycles. The molecule has 0 spiro atoms. The summed E-state index contributed by atoms with van der Waals surface area (Å²) in [4.78, 5) is 25.0. The first kappa shape index (κ1) is 23.5. The van der Waals surface area contributed by atoms with Crippen LogP contribution in [0.4, 0.5) is 11.4 Å². The second-order valence-electron chi connectivity index (χ2n) is 10.2. The smallest absolute Gasteiger partial charge is 0.299 e. The number of carbonyl (C=O) groups is 1. The van der Waals surface area contributed by atoms with E-state index in [1.807, 2.05) is 12.1 Å². The van der Waals surface area contributed by atoms with Crippen molar-refractivity contribution in [3.05, 3.63) is 93.4 Å². The normalized spacial score (nSPS) is 14.3. The highest BCUT2D eigenvalue weighted by molar-refractivity contribution is 5.95. The Morgan fingerprint density at radius 1 is 1.00 bits per heavy atom. The molecule has 0 unspecified atom stereocenters.